The summed E-state index contributed by atoms with van der Waals surface area (Å²) in [4.78, 5) is 13.2. The zero-order chi connectivity index (χ0) is 12.5. The van der Waals surface area contributed by atoms with Gasteiger partial charge in [0, 0.05) is 4.47 Å². The van der Waals surface area contributed by atoms with E-state index in [0.29, 0.717) is 6.61 Å². The Kier molecular flexibility index (Phi) is 3.33. The maximum atomic E-state index is 12.5. The van der Waals surface area contributed by atoms with Crippen molar-refractivity contribution in [2.45, 2.75) is 12.5 Å². The lowest BCUT2D eigenvalue weighted by molar-refractivity contribution is 0.0352. The molecule has 0 radical (unpaired) electrons. The summed E-state index contributed by atoms with van der Waals surface area (Å²) in [7, 11) is 0. The molecule has 1 unspecified atom stereocenters. The van der Waals surface area contributed by atoms with Crippen LogP contribution in [0, 0.1) is 0 Å². The summed E-state index contributed by atoms with van der Waals surface area (Å²) in [5.41, 5.74) is 2.23. The topological polar surface area (TPSA) is 26.3 Å². The molecule has 0 bridgehead atoms. The van der Waals surface area contributed by atoms with E-state index in [-0.39, 0.29) is 5.78 Å². The standard InChI is InChI=1S/C14H11BrO2S/c15-11-6-8-18-14(11)12(16)13-10-4-2-1-3-9(10)5-7-17-13/h1-4,6,8,13H,5,7H2. The number of carbonyl (C=O) groups excluding carboxylic acids is 1. The molecule has 0 saturated heterocycles. The van der Waals surface area contributed by atoms with Crippen LogP contribution in [0.5, 0.6) is 0 Å². The number of ketones is 1. The van der Waals surface area contributed by atoms with Gasteiger partial charge in [-0.05, 0) is 44.9 Å². The molecule has 2 aromatic rings. The van der Waals surface area contributed by atoms with Gasteiger partial charge in [-0.15, -0.1) is 11.3 Å². The Bertz CT molecular complexity index is 591. The Morgan fingerprint density at radius 1 is 1.33 bits per heavy atom. The molecule has 3 rings (SSSR count). The zero-order valence-corrected chi connectivity index (χ0v) is 12.0. The Morgan fingerprint density at radius 3 is 2.94 bits per heavy atom. The van der Waals surface area contributed by atoms with Crippen molar-refractivity contribution in [2.24, 2.45) is 0 Å². The second-order valence-electron chi connectivity index (χ2n) is 4.16. The van der Waals surface area contributed by atoms with E-state index in [1.54, 1.807) is 0 Å². The summed E-state index contributed by atoms with van der Waals surface area (Å²) in [5, 5.41) is 1.91. The van der Waals surface area contributed by atoms with Crippen LogP contribution in [0.4, 0.5) is 0 Å². The normalized spacial score (nSPS) is 18.4. The molecular formula is C14H11BrO2S. The summed E-state index contributed by atoms with van der Waals surface area (Å²) in [6, 6.07) is 9.91. The third kappa shape index (κ3) is 2.05. The van der Waals surface area contributed by atoms with E-state index < -0.39 is 6.10 Å². The highest BCUT2D eigenvalue weighted by Crippen LogP contribution is 2.33. The molecule has 1 aliphatic rings. The fourth-order valence-corrected chi connectivity index (χ4v) is 3.73. The molecule has 1 atom stereocenters. The van der Waals surface area contributed by atoms with E-state index in [1.807, 2.05) is 29.6 Å². The molecule has 0 spiro atoms. The van der Waals surface area contributed by atoms with E-state index in [0.717, 1.165) is 21.3 Å². The highest BCUT2D eigenvalue weighted by Gasteiger charge is 2.29. The second-order valence-corrected chi connectivity index (χ2v) is 5.93. The van der Waals surface area contributed by atoms with Crippen molar-refractivity contribution in [1.82, 2.24) is 0 Å². The number of rotatable bonds is 2. The predicted molar refractivity (Wildman–Crippen MR) is 75.2 cm³/mol. The van der Waals surface area contributed by atoms with E-state index in [2.05, 4.69) is 22.0 Å². The largest absolute Gasteiger partial charge is 0.365 e. The molecule has 0 saturated carbocycles. The molecule has 2 heterocycles. The van der Waals surface area contributed by atoms with Gasteiger partial charge in [0.1, 0.15) is 6.10 Å². The fourth-order valence-electron chi connectivity index (χ4n) is 2.20. The Morgan fingerprint density at radius 2 is 2.17 bits per heavy atom. The first-order valence-corrected chi connectivity index (χ1v) is 7.41. The van der Waals surface area contributed by atoms with Crippen molar-refractivity contribution in [3.8, 4) is 0 Å². The average molecular weight is 323 g/mol. The summed E-state index contributed by atoms with van der Waals surface area (Å²) < 4.78 is 6.53. The molecule has 0 amide bonds. The van der Waals surface area contributed by atoms with Crippen molar-refractivity contribution >= 4 is 33.0 Å². The quantitative estimate of drug-likeness (QED) is 0.781. The highest BCUT2D eigenvalue weighted by molar-refractivity contribution is 9.10. The SMILES string of the molecule is O=C(c1sccc1Br)C1OCCc2ccccc21. The number of benzene rings is 1. The van der Waals surface area contributed by atoms with E-state index in [4.69, 9.17) is 4.74 Å². The molecule has 0 fully saturated rings. The monoisotopic (exact) mass is 322 g/mol. The highest BCUT2D eigenvalue weighted by atomic mass is 79.9. The summed E-state index contributed by atoms with van der Waals surface area (Å²) in [6.45, 7) is 0.608. The lowest BCUT2D eigenvalue weighted by Crippen LogP contribution is -2.23. The van der Waals surface area contributed by atoms with Gasteiger partial charge in [-0.2, -0.15) is 0 Å². The average Bonchev–Trinajstić information content (AvgIpc) is 2.83. The third-order valence-electron chi connectivity index (χ3n) is 3.07. The van der Waals surface area contributed by atoms with Crippen molar-refractivity contribution in [1.29, 1.82) is 0 Å². The van der Waals surface area contributed by atoms with Gasteiger partial charge in [-0.3, -0.25) is 4.79 Å². The number of Topliss-reactive ketones (excluding diaryl/α,β-unsaturated/α-hetero) is 1. The molecule has 0 N–H and O–H groups in total. The van der Waals surface area contributed by atoms with Crippen LogP contribution in [0.25, 0.3) is 0 Å². The number of ether oxygens (including phenoxy) is 1. The van der Waals surface area contributed by atoms with Gasteiger partial charge in [-0.1, -0.05) is 24.3 Å². The van der Waals surface area contributed by atoms with Crippen LogP contribution in [0.3, 0.4) is 0 Å². The van der Waals surface area contributed by atoms with Crippen LogP contribution in [-0.2, 0) is 11.2 Å². The van der Waals surface area contributed by atoms with Crippen LogP contribution in [-0.4, -0.2) is 12.4 Å². The molecule has 92 valence electrons. The molecule has 2 nitrogen and oxygen atoms in total. The Balaban J connectivity index is 2.00. The van der Waals surface area contributed by atoms with Gasteiger partial charge in [-0.25, -0.2) is 0 Å². The van der Waals surface area contributed by atoms with Gasteiger partial charge in [0.2, 0.25) is 5.78 Å². The van der Waals surface area contributed by atoms with Crippen molar-refractivity contribution in [3.63, 3.8) is 0 Å². The Hall–Kier alpha value is -0.970. The zero-order valence-electron chi connectivity index (χ0n) is 9.56. The number of thiophene rings is 1. The summed E-state index contributed by atoms with van der Waals surface area (Å²) >= 11 is 4.86. The van der Waals surface area contributed by atoms with Gasteiger partial charge >= 0.3 is 0 Å². The van der Waals surface area contributed by atoms with Crippen LogP contribution in [0.2, 0.25) is 0 Å². The predicted octanol–water partition coefficient (Wildman–Crippen LogP) is 4.01. The maximum absolute atomic E-state index is 12.5. The first-order chi connectivity index (χ1) is 8.77. The number of fused-ring (bicyclic) bond motifs is 1. The summed E-state index contributed by atoms with van der Waals surface area (Å²) in [6.07, 6.45) is 0.427. The lowest BCUT2D eigenvalue weighted by atomic mass is 9.95. The first kappa shape index (κ1) is 12.1. The Labute approximate surface area is 118 Å². The molecule has 0 aliphatic carbocycles. The van der Waals surface area contributed by atoms with Crippen molar-refractivity contribution < 1.29 is 9.53 Å². The van der Waals surface area contributed by atoms with Gasteiger partial charge < -0.3 is 4.74 Å². The second kappa shape index (κ2) is 4.96. The fraction of sp³-hybridized carbons (Fsp3) is 0.214. The maximum Gasteiger partial charge on any atom is 0.207 e. The van der Waals surface area contributed by atoms with Crippen LogP contribution >= 0.6 is 27.3 Å². The smallest absolute Gasteiger partial charge is 0.207 e. The van der Waals surface area contributed by atoms with E-state index >= 15 is 0 Å². The van der Waals surface area contributed by atoms with Crippen molar-refractivity contribution in [2.75, 3.05) is 6.61 Å². The minimum atomic E-state index is -0.454. The number of halogens is 1. The van der Waals surface area contributed by atoms with Gasteiger partial charge in [0.05, 0.1) is 11.5 Å². The van der Waals surface area contributed by atoms with Gasteiger partial charge in [0.25, 0.3) is 0 Å². The molecule has 18 heavy (non-hydrogen) atoms. The summed E-state index contributed by atoms with van der Waals surface area (Å²) in [5.74, 6) is 0.0454. The molecule has 4 heteroatoms. The minimum absolute atomic E-state index is 0.0454. The molecular weight excluding hydrogens is 312 g/mol. The molecule has 1 aromatic heterocycles. The number of carbonyl (C=O) groups is 1. The third-order valence-corrected chi connectivity index (χ3v) is 4.92. The van der Waals surface area contributed by atoms with Crippen molar-refractivity contribution in [3.05, 3.63) is 56.2 Å². The lowest BCUT2D eigenvalue weighted by Gasteiger charge is -2.24. The van der Waals surface area contributed by atoms with Crippen LogP contribution < -0.4 is 0 Å². The molecule has 1 aromatic carbocycles. The molecule has 1 aliphatic heterocycles. The van der Waals surface area contributed by atoms with Gasteiger partial charge in [0.15, 0.2) is 0 Å². The van der Waals surface area contributed by atoms with Crippen LogP contribution in [0.1, 0.15) is 26.9 Å². The van der Waals surface area contributed by atoms with E-state index in [9.17, 15) is 4.79 Å². The van der Waals surface area contributed by atoms with Crippen LogP contribution in [0.15, 0.2) is 40.2 Å². The first-order valence-electron chi connectivity index (χ1n) is 5.74. The van der Waals surface area contributed by atoms with E-state index in [1.165, 1.54) is 16.9 Å². The minimum Gasteiger partial charge on any atom is -0.365 e. The number of hydrogen-bond acceptors (Lipinski definition) is 3. The number of hydrogen-bond donors (Lipinski definition) is 0.